The summed E-state index contributed by atoms with van der Waals surface area (Å²) in [5.41, 5.74) is 0.720. The molecule has 2 N–H and O–H groups in total. The van der Waals surface area contributed by atoms with Gasteiger partial charge in [-0.15, -0.1) is 0 Å². The van der Waals surface area contributed by atoms with Crippen molar-refractivity contribution in [2.24, 2.45) is 5.92 Å². The van der Waals surface area contributed by atoms with Gasteiger partial charge in [-0.3, -0.25) is 14.4 Å². The molecule has 202 valence electrons. The Morgan fingerprint density at radius 1 is 1.08 bits per heavy atom. The van der Waals surface area contributed by atoms with Crippen molar-refractivity contribution in [3.63, 3.8) is 0 Å². The van der Waals surface area contributed by atoms with E-state index in [1.165, 1.54) is 18.2 Å². The number of anilines is 1. The van der Waals surface area contributed by atoms with E-state index in [2.05, 4.69) is 15.0 Å². The lowest BCUT2D eigenvalue weighted by atomic mass is 9.95. The number of halogens is 5. The molecule has 9 nitrogen and oxygen atoms in total. The van der Waals surface area contributed by atoms with E-state index in [1.807, 2.05) is 0 Å². The Balaban J connectivity index is 1.36. The number of nitrogens with one attached hydrogen (secondary N) is 1. The molecule has 1 atom stereocenters. The number of Topliss-reactive ketones (excluding diaryl/α,β-unsaturated/α-hetero) is 1. The molecule has 0 spiro atoms. The van der Waals surface area contributed by atoms with Gasteiger partial charge in [0, 0.05) is 31.1 Å². The van der Waals surface area contributed by atoms with E-state index < -0.39 is 77.5 Å². The zero-order valence-corrected chi connectivity index (χ0v) is 19.5. The van der Waals surface area contributed by atoms with E-state index in [9.17, 15) is 36.3 Å². The SMILES string of the molecule is O=C(O)CC(NC(=O)C1CCN(c2nc3cc(F)ccc3o2)CC1)C(=O)COc1c(F)c(F)cc(F)c1F. The topological polar surface area (TPSA) is 122 Å². The van der Waals surface area contributed by atoms with Crippen LogP contribution in [0.15, 0.2) is 28.7 Å². The Kier molecular flexibility index (Phi) is 7.78. The fraction of sp³-hybridized carbons (Fsp3) is 0.333. The normalized spacial score (nSPS) is 14.9. The molecular formula is C24H20F5N3O6. The molecule has 0 radical (unpaired) electrons. The van der Waals surface area contributed by atoms with Crippen LogP contribution in [0.5, 0.6) is 5.75 Å². The summed E-state index contributed by atoms with van der Waals surface area (Å²) < 4.78 is 77.9. The lowest BCUT2D eigenvalue weighted by Crippen LogP contribution is -2.48. The van der Waals surface area contributed by atoms with Gasteiger partial charge in [-0.25, -0.2) is 13.2 Å². The Bertz CT molecular complexity index is 1360. The number of carbonyl (C=O) groups excluding carboxylic acids is 2. The zero-order valence-electron chi connectivity index (χ0n) is 19.5. The average Bonchev–Trinajstić information content (AvgIpc) is 3.30. The monoisotopic (exact) mass is 541 g/mol. The number of benzene rings is 2. The second-order valence-corrected chi connectivity index (χ2v) is 8.58. The van der Waals surface area contributed by atoms with E-state index >= 15 is 0 Å². The van der Waals surface area contributed by atoms with Crippen molar-refractivity contribution in [3.8, 4) is 5.75 Å². The first-order valence-corrected chi connectivity index (χ1v) is 11.3. The average molecular weight is 541 g/mol. The molecule has 1 unspecified atom stereocenters. The summed E-state index contributed by atoms with van der Waals surface area (Å²) >= 11 is 0. The zero-order chi connectivity index (χ0) is 27.6. The number of carbonyl (C=O) groups is 3. The van der Waals surface area contributed by atoms with Crippen molar-refractivity contribution in [1.29, 1.82) is 0 Å². The van der Waals surface area contributed by atoms with Crippen molar-refractivity contribution in [1.82, 2.24) is 10.3 Å². The highest BCUT2D eigenvalue weighted by Gasteiger charge is 2.32. The minimum Gasteiger partial charge on any atom is -0.481 e. The maximum Gasteiger partial charge on any atom is 0.305 e. The lowest BCUT2D eigenvalue weighted by Gasteiger charge is -2.30. The van der Waals surface area contributed by atoms with Crippen LogP contribution in [0.1, 0.15) is 19.3 Å². The van der Waals surface area contributed by atoms with Crippen molar-refractivity contribution in [2.75, 3.05) is 24.6 Å². The number of oxazole rings is 1. The van der Waals surface area contributed by atoms with Crippen LogP contribution >= 0.6 is 0 Å². The van der Waals surface area contributed by atoms with Crippen LogP contribution in [-0.4, -0.2) is 53.5 Å². The summed E-state index contributed by atoms with van der Waals surface area (Å²) in [6, 6.07) is 2.47. The van der Waals surface area contributed by atoms with Crippen molar-refractivity contribution in [2.45, 2.75) is 25.3 Å². The fourth-order valence-electron chi connectivity index (χ4n) is 3.99. The molecule has 4 rings (SSSR count). The highest BCUT2D eigenvalue weighted by molar-refractivity contribution is 5.93. The number of aliphatic carboxylic acids is 1. The van der Waals surface area contributed by atoms with E-state index in [-0.39, 0.29) is 24.9 Å². The molecule has 1 aliphatic rings. The number of carboxylic acids is 1. The number of hydrogen-bond acceptors (Lipinski definition) is 7. The quantitative estimate of drug-likeness (QED) is 0.313. The molecule has 0 bridgehead atoms. The largest absolute Gasteiger partial charge is 0.481 e. The standard InChI is InChI=1S/C24H20F5N3O6/c25-12-1-2-18-16(7-12)31-24(38-18)32-5-3-11(4-6-32)23(36)30-15(9-19(34)35)17(33)10-37-22-20(28)13(26)8-14(27)21(22)29/h1-2,7-8,11,15H,3-6,9-10H2,(H,30,36)(H,34,35). The van der Waals surface area contributed by atoms with E-state index in [4.69, 9.17) is 9.52 Å². The van der Waals surface area contributed by atoms with Gasteiger partial charge in [0.05, 0.1) is 6.42 Å². The number of aromatic nitrogens is 1. The highest BCUT2D eigenvalue weighted by atomic mass is 19.2. The van der Waals surface area contributed by atoms with Crippen LogP contribution in [-0.2, 0) is 14.4 Å². The lowest BCUT2D eigenvalue weighted by molar-refractivity contribution is -0.141. The molecule has 1 saturated heterocycles. The minimum absolute atomic E-state index is 0.0395. The number of fused-ring (bicyclic) bond motifs is 1. The predicted molar refractivity (Wildman–Crippen MR) is 120 cm³/mol. The van der Waals surface area contributed by atoms with Gasteiger partial charge >= 0.3 is 5.97 Å². The van der Waals surface area contributed by atoms with Gasteiger partial charge in [-0.1, -0.05) is 0 Å². The third-order valence-electron chi connectivity index (χ3n) is 5.99. The van der Waals surface area contributed by atoms with Gasteiger partial charge in [0.1, 0.15) is 24.0 Å². The van der Waals surface area contributed by atoms with Crippen molar-refractivity contribution < 1.29 is 50.6 Å². The third-order valence-corrected chi connectivity index (χ3v) is 5.99. The van der Waals surface area contributed by atoms with Crippen LogP contribution < -0.4 is 15.0 Å². The number of hydrogen-bond donors (Lipinski definition) is 2. The van der Waals surface area contributed by atoms with Gasteiger partial charge in [-0.05, 0) is 25.0 Å². The molecule has 0 saturated carbocycles. The van der Waals surface area contributed by atoms with Gasteiger partial charge < -0.3 is 24.5 Å². The Hall–Kier alpha value is -4.23. The number of amides is 1. The second kappa shape index (κ2) is 11.0. The van der Waals surface area contributed by atoms with Gasteiger partial charge in [0.25, 0.3) is 6.01 Å². The third kappa shape index (κ3) is 5.84. The molecule has 2 heterocycles. The summed E-state index contributed by atoms with van der Waals surface area (Å²) in [4.78, 5) is 42.5. The molecule has 1 aromatic heterocycles. The molecule has 1 aliphatic heterocycles. The molecule has 14 heteroatoms. The first-order valence-electron chi connectivity index (χ1n) is 11.3. The van der Waals surface area contributed by atoms with Crippen LogP contribution in [0.3, 0.4) is 0 Å². The minimum atomic E-state index is -1.87. The summed E-state index contributed by atoms with van der Waals surface area (Å²) in [6.45, 7) is -0.527. The summed E-state index contributed by atoms with van der Waals surface area (Å²) in [5.74, 6) is -13.0. The summed E-state index contributed by atoms with van der Waals surface area (Å²) in [7, 11) is 0. The number of nitrogens with zero attached hydrogens (tertiary/aromatic N) is 2. The van der Waals surface area contributed by atoms with Crippen LogP contribution in [0.4, 0.5) is 28.0 Å². The molecule has 1 amide bonds. The van der Waals surface area contributed by atoms with Gasteiger partial charge in [-0.2, -0.15) is 13.8 Å². The van der Waals surface area contributed by atoms with Crippen LogP contribution in [0, 0.1) is 35.0 Å². The predicted octanol–water partition coefficient (Wildman–Crippen LogP) is 3.35. The molecule has 3 aromatic rings. The highest BCUT2D eigenvalue weighted by Crippen LogP contribution is 2.28. The second-order valence-electron chi connectivity index (χ2n) is 8.58. The Morgan fingerprint density at radius 2 is 1.74 bits per heavy atom. The molecule has 0 aliphatic carbocycles. The van der Waals surface area contributed by atoms with E-state index in [0.29, 0.717) is 24.2 Å². The number of rotatable bonds is 9. The fourth-order valence-corrected chi connectivity index (χ4v) is 3.99. The molecule has 2 aromatic carbocycles. The number of piperidine rings is 1. The van der Waals surface area contributed by atoms with Crippen molar-refractivity contribution >= 4 is 34.8 Å². The van der Waals surface area contributed by atoms with Gasteiger partial charge in [0.15, 0.2) is 28.8 Å². The summed E-state index contributed by atoms with van der Waals surface area (Å²) in [6.07, 6.45) is -0.306. The maximum atomic E-state index is 13.8. The smallest absolute Gasteiger partial charge is 0.305 e. The first-order chi connectivity index (χ1) is 18.0. The Labute approximate surface area is 211 Å². The first kappa shape index (κ1) is 26.8. The number of ketones is 1. The number of ether oxygens (including phenoxy) is 1. The van der Waals surface area contributed by atoms with Crippen molar-refractivity contribution in [3.05, 3.63) is 53.4 Å². The molecule has 38 heavy (non-hydrogen) atoms. The van der Waals surface area contributed by atoms with Gasteiger partial charge in [0.2, 0.25) is 17.5 Å². The molecular weight excluding hydrogens is 521 g/mol. The maximum absolute atomic E-state index is 13.8. The van der Waals surface area contributed by atoms with Crippen LogP contribution in [0.2, 0.25) is 0 Å². The Morgan fingerprint density at radius 3 is 2.37 bits per heavy atom. The molecule has 1 fully saturated rings. The van der Waals surface area contributed by atoms with Crippen LogP contribution in [0.25, 0.3) is 11.1 Å². The van der Waals surface area contributed by atoms with E-state index in [1.54, 1.807) is 4.90 Å². The number of carboxylic acid groups (broad SMARTS) is 1. The summed E-state index contributed by atoms with van der Waals surface area (Å²) in [5, 5.41) is 11.4. The van der Waals surface area contributed by atoms with E-state index in [0.717, 1.165) is 0 Å².